The van der Waals surface area contributed by atoms with Crippen molar-refractivity contribution in [2.45, 2.75) is 20.5 Å². The van der Waals surface area contributed by atoms with E-state index in [-0.39, 0.29) is 29.4 Å². The summed E-state index contributed by atoms with van der Waals surface area (Å²) in [6.45, 7) is 2.94. The summed E-state index contributed by atoms with van der Waals surface area (Å²) in [7, 11) is 0. The number of benzene rings is 1. The molecule has 5 rings (SSSR count). The first-order valence-corrected chi connectivity index (χ1v) is 11.1. The maximum atomic E-state index is 13.1. The lowest BCUT2D eigenvalue weighted by Crippen LogP contribution is -2.09. The van der Waals surface area contributed by atoms with Crippen molar-refractivity contribution in [3.05, 3.63) is 75.1 Å². The van der Waals surface area contributed by atoms with E-state index in [1.165, 1.54) is 24.3 Å². The number of rotatable bonds is 5. The van der Waals surface area contributed by atoms with Crippen LogP contribution in [-0.2, 0) is 16.1 Å². The highest BCUT2D eigenvalue weighted by atomic mass is 32.1. The van der Waals surface area contributed by atoms with E-state index in [4.69, 9.17) is 13.7 Å². The number of aromatic nitrogens is 2. The molecule has 0 unspecified atom stereocenters. The summed E-state index contributed by atoms with van der Waals surface area (Å²) in [4.78, 5) is 41.9. The van der Waals surface area contributed by atoms with Crippen molar-refractivity contribution in [3.63, 3.8) is 0 Å². The number of ether oxygens (including phenoxy) is 1. The molecule has 4 aromatic heterocycles. The van der Waals surface area contributed by atoms with Gasteiger partial charge in [0.2, 0.25) is 5.91 Å². The van der Waals surface area contributed by atoms with Gasteiger partial charge in [-0.2, -0.15) is 0 Å². The Labute approximate surface area is 196 Å². The molecule has 1 N–H and O–H groups in total. The fourth-order valence-corrected chi connectivity index (χ4v) is 4.34. The zero-order valence-corrected chi connectivity index (χ0v) is 18.9. The van der Waals surface area contributed by atoms with E-state index in [2.05, 4.69) is 15.5 Å². The Kier molecular flexibility index (Phi) is 5.42. The Balaban J connectivity index is 1.48. The van der Waals surface area contributed by atoms with E-state index < -0.39 is 11.6 Å². The molecule has 0 aliphatic carbocycles. The quantitative estimate of drug-likeness (QED) is 0.287. The minimum absolute atomic E-state index is 0.164. The molecular formula is C24H17N3O6S. The predicted octanol–water partition coefficient (Wildman–Crippen LogP) is 4.68. The van der Waals surface area contributed by atoms with Crippen LogP contribution < -0.4 is 10.9 Å². The highest BCUT2D eigenvalue weighted by Crippen LogP contribution is 2.30. The van der Waals surface area contributed by atoms with Gasteiger partial charge in [-0.15, -0.1) is 11.3 Å². The maximum absolute atomic E-state index is 13.1. The van der Waals surface area contributed by atoms with Crippen molar-refractivity contribution < 1.29 is 23.3 Å². The number of esters is 1. The second-order valence-corrected chi connectivity index (χ2v) is 8.49. The van der Waals surface area contributed by atoms with Crippen LogP contribution in [0.4, 0.5) is 5.69 Å². The SMILES string of the molecule is CC(=O)Nc1ccc2c(COC(=O)c3cc(-c4cccs4)nc4onc(C)c34)cc(=O)oc2c1. The van der Waals surface area contributed by atoms with Crippen LogP contribution in [0.25, 0.3) is 32.6 Å². The Morgan fingerprint density at radius 1 is 1.18 bits per heavy atom. The van der Waals surface area contributed by atoms with Crippen molar-refractivity contribution in [2.75, 3.05) is 5.32 Å². The number of carbonyl (C=O) groups is 2. The number of thiophene rings is 1. The molecule has 0 saturated heterocycles. The van der Waals surface area contributed by atoms with Gasteiger partial charge in [-0.3, -0.25) is 4.79 Å². The molecular weight excluding hydrogens is 458 g/mol. The Morgan fingerprint density at radius 2 is 2.03 bits per heavy atom. The zero-order chi connectivity index (χ0) is 23.8. The first kappa shape index (κ1) is 21.5. The Bertz CT molecular complexity index is 1620. The lowest BCUT2D eigenvalue weighted by Gasteiger charge is -2.10. The lowest BCUT2D eigenvalue weighted by atomic mass is 10.1. The van der Waals surface area contributed by atoms with Crippen LogP contribution in [0.5, 0.6) is 0 Å². The Morgan fingerprint density at radius 3 is 2.79 bits per heavy atom. The summed E-state index contributed by atoms with van der Waals surface area (Å²) in [6.07, 6.45) is 0. The van der Waals surface area contributed by atoms with E-state index in [9.17, 15) is 14.4 Å². The minimum atomic E-state index is -0.604. The van der Waals surface area contributed by atoms with Crippen LogP contribution >= 0.6 is 11.3 Å². The molecule has 1 amide bonds. The lowest BCUT2D eigenvalue weighted by molar-refractivity contribution is -0.114. The normalized spacial score (nSPS) is 11.1. The molecule has 0 saturated carbocycles. The number of pyridine rings is 1. The highest BCUT2D eigenvalue weighted by Gasteiger charge is 2.21. The average molecular weight is 475 g/mol. The van der Waals surface area contributed by atoms with Gasteiger partial charge in [-0.1, -0.05) is 11.2 Å². The molecule has 170 valence electrons. The van der Waals surface area contributed by atoms with E-state index in [0.717, 1.165) is 4.88 Å². The number of nitrogens with one attached hydrogen (secondary N) is 1. The zero-order valence-electron chi connectivity index (χ0n) is 18.1. The summed E-state index contributed by atoms with van der Waals surface area (Å²) in [5.41, 5.74) is 2.23. The van der Waals surface area contributed by atoms with Crippen molar-refractivity contribution in [1.29, 1.82) is 0 Å². The molecule has 0 spiro atoms. The van der Waals surface area contributed by atoms with Crippen LogP contribution in [0.1, 0.15) is 28.5 Å². The van der Waals surface area contributed by atoms with Gasteiger partial charge in [0, 0.05) is 35.7 Å². The number of anilines is 1. The van der Waals surface area contributed by atoms with E-state index >= 15 is 0 Å². The second-order valence-electron chi connectivity index (χ2n) is 7.54. The third kappa shape index (κ3) is 4.06. The van der Waals surface area contributed by atoms with Crippen LogP contribution in [0.2, 0.25) is 0 Å². The van der Waals surface area contributed by atoms with E-state index in [1.54, 1.807) is 31.2 Å². The van der Waals surface area contributed by atoms with Gasteiger partial charge in [0.05, 0.1) is 27.2 Å². The summed E-state index contributed by atoms with van der Waals surface area (Å²) in [5, 5.41) is 9.54. The summed E-state index contributed by atoms with van der Waals surface area (Å²) in [5.74, 6) is -0.853. The number of hydrogen-bond acceptors (Lipinski definition) is 9. The number of aryl methyl sites for hydroxylation is 1. The summed E-state index contributed by atoms with van der Waals surface area (Å²) < 4.78 is 16.2. The highest BCUT2D eigenvalue weighted by molar-refractivity contribution is 7.13. The Hall–Kier alpha value is -4.31. The number of amides is 1. The molecule has 0 fully saturated rings. The van der Waals surface area contributed by atoms with Crippen molar-refractivity contribution >= 4 is 51.0 Å². The molecule has 34 heavy (non-hydrogen) atoms. The van der Waals surface area contributed by atoms with Gasteiger partial charge in [-0.25, -0.2) is 14.6 Å². The maximum Gasteiger partial charge on any atom is 0.339 e. The van der Waals surface area contributed by atoms with Crippen LogP contribution in [-0.4, -0.2) is 22.0 Å². The van der Waals surface area contributed by atoms with Gasteiger partial charge in [0.25, 0.3) is 5.71 Å². The van der Waals surface area contributed by atoms with Crippen molar-refractivity contribution in [2.24, 2.45) is 0 Å². The van der Waals surface area contributed by atoms with E-state index in [0.29, 0.717) is 33.4 Å². The van der Waals surface area contributed by atoms with Crippen molar-refractivity contribution in [1.82, 2.24) is 10.1 Å². The molecule has 0 bridgehead atoms. The standard InChI is InChI=1S/C24H17N3O6S/c1-12-22-17(10-18(20-4-3-7-34-20)26-23(22)33-27-12)24(30)31-11-14-8-21(29)32-19-9-15(25-13(2)28)5-6-16(14)19/h3-10H,11H2,1-2H3,(H,25,28). The minimum Gasteiger partial charge on any atom is -0.457 e. The molecule has 1 aromatic carbocycles. The van der Waals surface area contributed by atoms with E-state index in [1.807, 2.05) is 17.5 Å². The van der Waals surface area contributed by atoms with Crippen LogP contribution in [0.3, 0.4) is 0 Å². The molecule has 10 heteroatoms. The predicted molar refractivity (Wildman–Crippen MR) is 126 cm³/mol. The first-order chi connectivity index (χ1) is 16.4. The largest absolute Gasteiger partial charge is 0.457 e. The second kappa shape index (κ2) is 8.56. The van der Waals surface area contributed by atoms with Crippen molar-refractivity contribution in [3.8, 4) is 10.6 Å². The van der Waals surface area contributed by atoms with Gasteiger partial charge in [0.1, 0.15) is 12.2 Å². The number of hydrogen-bond donors (Lipinski definition) is 1. The van der Waals surface area contributed by atoms with Crippen LogP contribution in [0.15, 0.2) is 61.6 Å². The third-order valence-electron chi connectivity index (χ3n) is 5.12. The van der Waals surface area contributed by atoms with Gasteiger partial charge in [-0.05, 0) is 36.6 Å². The average Bonchev–Trinajstić information content (AvgIpc) is 3.46. The smallest absolute Gasteiger partial charge is 0.339 e. The first-order valence-electron chi connectivity index (χ1n) is 10.2. The molecule has 0 aliphatic heterocycles. The fraction of sp³-hybridized carbons (Fsp3) is 0.125. The summed E-state index contributed by atoms with van der Waals surface area (Å²) >= 11 is 1.48. The molecule has 5 aromatic rings. The monoisotopic (exact) mass is 475 g/mol. The van der Waals surface area contributed by atoms with Gasteiger partial charge >= 0.3 is 11.6 Å². The number of nitrogens with zero attached hydrogens (tertiary/aromatic N) is 2. The molecule has 0 radical (unpaired) electrons. The van der Waals surface area contributed by atoms with Gasteiger partial charge < -0.3 is 19.0 Å². The molecule has 9 nitrogen and oxygen atoms in total. The number of carbonyl (C=O) groups excluding carboxylic acids is 2. The molecule has 0 atom stereocenters. The number of fused-ring (bicyclic) bond motifs is 2. The fourth-order valence-electron chi connectivity index (χ4n) is 3.66. The van der Waals surface area contributed by atoms with Gasteiger partial charge in [0.15, 0.2) is 0 Å². The third-order valence-corrected chi connectivity index (χ3v) is 6.01. The molecule has 0 aliphatic rings. The summed E-state index contributed by atoms with van der Waals surface area (Å²) in [6, 6.07) is 11.6. The molecule has 4 heterocycles. The topological polar surface area (TPSA) is 125 Å². The van der Waals surface area contributed by atoms with Crippen LogP contribution in [0, 0.1) is 6.92 Å².